The van der Waals surface area contributed by atoms with Gasteiger partial charge in [-0.1, -0.05) is 36.7 Å². The molecule has 23 heavy (non-hydrogen) atoms. The minimum Gasteiger partial charge on any atom is -0.351 e. The summed E-state index contributed by atoms with van der Waals surface area (Å²) in [7, 11) is 0. The fourth-order valence-electron chi connectivity index (χ4n) is 2.90. The predicted octanol–water partition coefficient (Wildman–Crippen LogP) is 3.24. The van der Waals surface area contributed by atoms with Crippen LogP contribution >= 0.6 is 11.6 Å². The lowest BCUT2D eigenvalue weighted by Crippen LogP contribution is -2.51. The summed E-state index contributed by atoms with van der Waals surface area (Å²) in [5, 5.41) is 3.45. The molecule has 1 aromatic carbocycles. The summed E-state index contributed by atoms with van der Waals surface area (Å²) >= 11 is 6.10. The van der Waals surface area contributed by atoms with Crippen molar-refractivity contribution in [3.63, 3.8) is 0 Å². The topological polar surface area (TPSA) is 49.4 Å². The molecule has 0 spiro atoms. The summed E-state index contributed by atoms with van der Waals surface area (Å²) in [6.45, 7) is 7.33. The number of likely N-dealkylation sites (tertiary alicyclic amines) is 1. The number of piperidine rings is 1. The van der Waals surface area contributed by atoms with Gasteiger partial charge in [-0.3, -0.25) is 9.59 Å². The Hall–Kier alpha value is -1.55. The molecule has 0 radical (unpaired) electrons. The molecule has 1 saturated heterocycles. The number of nitrogens with zero attached hydrogens (tertiary/aromatic N) is 1. The third-order valence-corrected chi connectivity index (χ3v) is 4.81. The van der Waals surface area contributed by atoms with Crippen LogP contribution in [-0.2, 0) is 16.1 Å². The lowest BCUT2D eigenvalue weighted by Gasteiger charge is -2.36. The van der Waals surface area contributed by atoms with Gasteiger partial charge in [-0.05, 0) is 44.2 Å². The zero-order chi connectivity index (χ0) is 17.0. The molecule has 1 aliphatic rings. The van der Waals surface area contributed by atoms with E-state index in [-0.39, 0.29) is 11.8 Å². The van der Waals surface area contributed by atoms with Crippen LogP contribution in [0.2, 0.25) is 5.02 Å². The maximum absolute atomic E-state index is 12.7. The summed E-state index contributed by atoms with van der Waals surface area (Å²) in [6, 6.07) is 7.37. The van der Waals surface area contributed by atoms with Gasteiger partial charge in [0.2, 0.25) is 11.8 Å². The summed E-state index contributed by atoms with van der Waals surface area (Å²) in [5.74, 6) is 0.135. The van der Waals surface area contributed by atoms with Crippen molar-refractivity contribution >= 4 is 23.4 Å². The number of amides is 2. The number of benzene rings is 1. The number of carbonyl (C=O) groups excluding carboxylic acids is 2. The Labute approximate surface area is 143 Å². The quantitative estimate of drug-likeness (QED) is 0.858. The molecule has 1 aromatic rings. The number of nitrogens with one attached hydrogen (secondary N) is 1. The first-order valence-electron chi connectivity index (χ1n) is 8.13. The fraction of sp³-hybridized carbons (Fsp3) is 0.556. The number of hydrogen-bond acceptors (Lipinski definition) is 2. The molecule has 0 aromatic heterocycles. The largest absolute Gasteiger partial charge is 0.351 e. The zero-order valence-corrected chi connectivity index (χ0v) is 14.8. The van der Waals surface area contributed by atoms with Crippen molar-refractivity contribution in [2.75, 3.05) is 13.1 Å². The summed E-state index contributed by atoms with van der Waals surface area (Å²) in [6.07, 6.45) is 2.15. The average Bonchev–Trinajstić information content (AvgIpc) is 2.53. The second kappa shape index (κ2) is 7.35. The molecule has 1 heterocycles. The van der Waals surface area contributed by atoms with E-state index in [1.54, 1.807) is 19.9 Å². The van der Waals surface area contributed by atoms with Gasteiger partial charge < -0.3 is 10.2 Å². The van der Waals surface area contributed by atoms with Gasteiger partial charge in [-0.25, -0.2) is 0 Å². The van der Waals surface area contributed by atoms with E-state index in [1.807, 2.05) is 23.1 Å². The maximum atomic E-state index is 12.7. The first kappa shape index (κ1) is 17.8. The molecule has 126 valence electrons. The summed E-state index contributed by atoms with van der Waals surface area (Å²) in [5.41, 5.74) is -0.226. The highest BCUT2D eigenvalue weighted by molar-refractivity contribution is 6.31. The maximum Gasteiger partial charge on any atom is 0.237 e. The highest BCUT2D eigenvalue weighted by Gasteiger charge is 2.39. The average molecular weight is 337 g/mol. The third kappa shape index (κ3) is 4.25. The summed E-state index contributed by atoms with van der Waals surface area (Å²) < 4.78 is 0. The van der Waals surface area contributed by atoms with Gasteiger partial charge >= 0.3 is 0 Å². The van der Waals surface area contributed by atoms with Crippen molar-refractivity contribution in [1.82, 2.24) is 10.2 Å². The van der Waals surface area contributed by atoms with Crippen molar-refractivity contribution in [1.29, 1.82) is 0 Å². The zero-order valence-electron chi connectivity index (χ0n) is 14.1. The van der Waals surface area contributed by atoms with Gasteiger partial charge in [0.15, 0.2) is 0 Å². The van der Waals surface area contributed by atoms with E-state index in [9.17, 15) is 9.59 Å². The molecule has 1 fully saturated rings. The number of halogens is 1. The van der Waals surface area contributed by atoms with Gasteiger partial charge in [0.1, 0.15) is 5.41 Å². The molecule has 1 atom stereocenters. The van der Waals surface area contributed by atoms with Crippen LogP contribution in [0.3, 0.4) is 0 Å². The Balaban J connectivity index is 1.99. The SMILES string of the molecule is CC1CCCN(C(=O)C(C)(C)C(=O)NCc2ccccc2Cl)C1. The minimum atomic E-state index is -1.07. The second-order valence-electron chi connectivity index (χ2n) is 6.90. The van der Waals surface area contributed by atoms with E-state index in [2.05, 4.69) is 12.2 Å². The summed E-state index contributed by atoms with van der Waals surface area (Å²) in [4.78, 5) is 27.1. The van der Waals surface area contributed by atoms with Crippen LogP contribution in [0.1, 0.15) is 39.2 Å². The van der Waals surface area contributed by atoms with Crippen LogP contribution in [0.15, 0.2) is 24.3 Å². The van der Waals surface area contributed by atoms with E-state index in [0.717, 1.165) is 31.5 Å². The van der Waals surface area contributed by atoms with Crippen LogP contribution < -0.4 is 5.32 Å². The van der Waals surface area contributed by atoms with Gasteiger partial charge in [-0.2, -0.15) is 0 Å². The van der Waals surface area contributed by atoms with Crippen LogP contribution in [-0.4, -0.2) is 29.8 Å². The molecule has 0 saturated carbocycles. The van der Waals surface area contributed by atoms with Gasteiger partial charge in [0.05, 0.1) is 0 Å². The molecular formula is C18H25ClN2O2. The highest BCUT2D eigenvalue weighted by atomic mass is 35.5. The van der Waals surface area contributed by atoms with Crippen molar-refractivity contribution in [2.45, 2.75) is 40.2 Å². The molecule has 5 heteroatoms. The second-order valence-corrected chi connectivity index (χ2v) is 7.30. The molecule has 0 aliphatic carbocycles. The molecular weight excluding hydrogens is 312 g/mol. The molecule has 2 rings (SSSR count). The Kier molecular flexibility index (Phi) is 5.69. The van der Waals surface area contributed by atoms with Crippen LogP contribution in [0, 0.1) is 11.3 Å². The number of rotatable bonds is 4. The van der Waals surface area contributed by atoms with Gasteiger partial charge in [-0.15, -0.1) is 0 Å². The normalized spacial score (nSPS) is 18.6. The van der Waals surface area contributed by atoms with Gasteiger partial charge in [0.25, 0.3) is 0 Å². The first-order chi connectivity index (χ1) is 10.8. The monoisotopic (exact) mass is 336 g/mol. The van der Waals surface area contributed by atoms with E-state index in [4.69, 9.17) is 11.6 Å². The predicted molar refractivity (Wildman–Crippen MR) is 92.1 cm³/mol. The van der Waals surface area contributed by atoms with Crippen molar-refractivity contribution < 1.29 is 9.59 Å². The van der Waals surface area contributed by atoms with E-state index >= 15 is 0 Å². The Morgan fingerprint density at radius 1 is 1.35 bits per heavy atom. The van der Waals surface area contributed by atoms with E-state index in [0.29, 0.717) is 17.5 Å². The molecule has 2 amide bonds. The van der Waals surface area contributed by atoms with Crippen molar-refractivity contribution in [3.05, 3.63) is 34.9 Å². The minimum absolute atomic E-state index is 0.0966. The fourth-order valence-corrected chi connectivity index (χ4v) is 3.11. The third-order valence-electron chi connectivity index (χ3n) is 4.44. The molecule has 4 nitrogen and oxygen atoms in total. The lowest BCUT2D eigenvalue weighted by atomic mass is 9.88. The van der Waals surface area contributed by atoms with Crippen molar-refractivity contribution in [2.24, 2.45) is 11.3 Å². The number of hydrogen-bond donors (Lipinski definition) is 1. The van der Waals surface area contributed by atoms with E-state index < -0.39 is 5.41 Å². The smallest absolute Gasteiger partial charge is 0.237 e. The lowest BCUT2D eigenvalue weighted by molar-refractivity contribution is -0.149. The number of carbonyl (C=O) groups is 2. The Morgan fingerprint density at radius 2 is 2.04 bits per heavy atom. The van der Waals surface area contributed by atoms with Crippen LogP contribution in [0.25, 0.3) is 0 Å². The first-order valence-corrected chi connectivity index (χ1v) is 8.51. The van der Waals surface area contributed by atoms with Crippen LogP contribution in [0.5, 0.6) is 0 Å². The molecule has 1 N–H and O–H groups in total. The Morgan fingerprint density at radius 3 is 2.70 bits per heavy atom. The molecule has 0 bridgehead atoms. The molecule has 1 unspecified atom stereocenters. The highest BCUT2D eigenvalue weighted by Crippen LogP contribution is 2.24. The van der Waals surface area contributed by atoms with Gasteiger partial charge in [0, 0.05) is 24.7 Å². The Bertz CT molecular complexity index is 586. The standard InChI is InChI=1S/C18H25ClN2O2/c1-13-7-6-10-21(12-13)17(23)18(2,3)16(22)20-11-14-8-4-5-9-15(14)19/h4-5,8-9,13H,6-7,10-12H2,1-3H3,(H,20,22). The van der Waals surface area contributed by atoms with Crippen LogP contribution in [0.4, 0.5) is 0 Å². The van der Waals surface area contributed by atoms with Crippen molar-refractivity contribution in [3.8, 4) is 0 Å². The molecule has 1 aliphatic heterocycles. The van der Waals surface area contributed by atoms with E-state index in [1.165, 1.54) is 0 Å².